The van der Waals surface area contributed by atoms with Crippen LogP contribution >= 0.6 is 0 Å². The highest BCUT2D eigenvalue weighted by molar-refractivity contribution is 6.74. The molecule has 5 heteroatoms. The van der Waals surface area contributed by atoms with E-state index in [1.807, 2.05) is 20.8 Å². The molecule has 4 nitrogen and oxygen atoms in total. The number of aliphatic hydroxyl groups is 1. The van der Waals surface area contributed by atoms with Gasteiger partial charge in [0.05, 0.1) is 18.8 Å². The molecular formula is C23H42O4Si. The van der Waals surface area contributed by atoms with Crippen molar-refractivity contribution in [1.82, 2.24) is 0 Å². The number of unbranched alkanes of at least 4 members (excludes halogenated alkanes) is 1. The van der Waals surface area contributed by atoms with E-state index >= 15 is 0 Å². The normalized spacial score (nSPS) is 22.8. The Morgan fingerprint density at radius 1 is 1.36 bits per heavy atom. The molecule has 1 heterocycles. The fourth-order valence-corrected chi connectivity index (χ4v) is 4.01. The molecule has 0 aromatic rings. The minimum absolute atomic E-state index is 0.00864. The summed E-state index contributed by atoms with van der Waals surface area (Å²) in [5, 5.41) is 10.2. The molecule has 0 bridgehead atoms. The molecule has 0 aromatic carbocycles. The van der Waals surface area contributed by atoms with E-state index in [1.54, 1.807) is 6.08 Å². The maximum Gasteiger partial charge on any atom is 0.193 e. The molecule has 0 saturated carbocycles. The van der Waals surface area contributed by atoms with Crippen molar-refractivity contribution in [1.29, 1.82) is 0 Å². The molecule has 162 valence electrons. The highest BCUT2D eigenvalue weighted by Crippen LogP contribution is 2.38. The molecule has 1 aliphatic rings. The fourth-order valence-electron chi connectivity index (χ4n) is 2.79. The molecule has 1 N–H and O–H groups in total. The molecule has 4 atom stereocenters. The summed E-state index contributed by atoms with van der Waals surface area (Å²) < 4.78 is 18.3. The average Bonchev–Trinajstić information content (AvgIpc) is 2.90. The lowest BCUT2D eigenvalue weighted by molar-refractivity contribution is -0.140. The Labute approximate surface area is 174 Å². The van der Waals surface area contributed by atoms with Gasteiger partial charge in [-0.15, -0.1) is 12.5 Å². The first-order valence-corrected chi connectivity index (χ1v) is 13.5. The Balaban J connectivity index is 2.70. The molecule has 28 heavy (non-hydrogen) atoms. The Bertz CT molecular complexity index is 553. The van der Waals surface area contributed by atoms with Crippen molar-refractivity contribution < 1.29 is 19.0 Å². The Morgan fingerprint density at radius 3 is 2.50 bits per heavy atom. The van der Waals surface area contributed by atoms with Crippen LogP contribution in [0.15, 0.2) is 12.7 Å². The van der Waals surface area contributed by atoms with E-state index in [1.165, 1.54) is 0 Å². The molecular weight excluding hydrogens is 368 g/mol. The van der Waals surface area contributed by atoms with Gasteiger partial charge >= 0.3 is 0 Å². The number of hydrogen-bond donors (Lipinski definition) is 1. The molecule has 1 fully saturated rings. The molecule has 1 aliphatic heterocycles. The van der Waals surface area contributed by atoms with Crippen LogP contribution in [0.5, 0.6) is 0 Å². The summed E-state index contributed by atoms with van der Waals surface area (Å²) in [6.45, 7) is 21.4. The van der Waals surface area contributed by atoms with Gasteiger partial charge in [0, 0.05) is 12.8 Å². The lowest BCUT2D eigenvalue weighted by Crippen LogP contribution is -2.44. The fraction of sp³-hybridized carbons (Fsp3) is 0.826. The zero-order chi connectivity index (χ0) is 21.6. The standard InChI is InChI=1S/C23H42O4Si/c1-10-18(2)21(24)15-13-11-12-14-19(27-28(8,9)22(3,4)5)16-20-17-25-23(6,7)26-20/h10,18-21,24H,1,11,13,15-17H2,2-9H3/t18-,19+,20+,21-/m1/s1. The largest absolute Gasteiger partial charge is 0.403 e. The van der Waals surface area contributed by atoms with Crippen LogP contribution < -0.4 is 0 Å². The average molecular weight is 411 g/mol. The predicted molar refractivity (Wildman–Crippen MR) is 119 cm³/mol. The summed E-state index contributed by atoms with van der Waals surface area (Å²) in [5.74, 6) is 6.21. The van der Waals surface area contributed by atoms with Gasteiger partial charge in [-0.2, -0.15) is 0 Å². The number of hydrogen-bond acceptors (Lipinski definition) is 4. The van der Waals surface area contributed by atoms with Crippen molar-refractivity contribution in [3.8, 4) is 11.8 Å². The summed E-state index contributed by atoms with van der Waals surface area (Å²) in [6.07, 6.45) is 4.40. The summed E-state index contributed by atoms with van der Waals surface area (Å²) in [7, 11) is -1.93. The van der Waals surface area contributed by atoms with Crippen molar-refractivity contribution in [2.45, 2.75) is 109 Å². The van der Waals surface area contributed by atoms with E-state index in [-0.39, 0.29) is 29.3 Å². The molecule has 0 aliphatic carbocycles. The third kappa shape index (κ3) is 8.38. The second-order valence-corrected chi connectivity index (χ2v) is 14.7. The molecule has 0 spiro atoms. The first kappa shape index (κ1) is 25.4. The SMILES string of the molecule is C=C[C@@H](C)[C@H](O)CCCC#C[C@@H](C[C@H]1COC(C)(C)O1)O[Si](C)(C)C(C)(C)C. The van der Waals surface area contributed by atoms with Crippen LogP contribution in [0.1, 0.15) is 67.2 Å². The summed E-state index contributed by atoms with van der Waals surface area (Å²) in [4.78, 5) is 0. The van der Waals surface area contributed by atoms with Gasteiger partial charge < -0.3 is 19.0 Å². The first-order chi connectivity index (χ1) is 12.8. The molecule has 1 rings (SSSR count). The van der Waals surface area contributed by atoms with Gasteiger partial charge in [0.1, 0.15) is 6.10 Å². The predicted octanol–water partition coefficient (Wildman–Crippen LogP) is 5.28. The van der Waals surface area contributed by atoms with E-state index in [0.717, 1.165) is 25.7 Å². The zero-order valence-corrected chi connectivity index (χ0v) is 20.3. The van der Waals surface area contributed by atoms with E-state index < -0.39 is 14.1 Å². The lowest BCUT2D eigenvalue weighted by Gasteiger charge is -2.38. The Morgan fingerprint density at radius 2 is 2.00 bits per heavy atom. The number of aliphatic hydroxyl groups excluding tert-OH is 1. The van der Waals surface area contributed by atoms with Gasteiger partial charge in [-0.25, -0.2) is 0 Å². The van der Waals surface area contributed by atoms with Gasteiger partial charge in [0.2, 0.25) is 0 Å². The topological polar surface area (TPSA) is 47.9 Å². The summed E-state index contributed by atoms with van der Waals surface area (Å²) in [5.41, 5.74) is 0. The van der Waals surface area contributed by atoms with Crippen molar-refractivity contribution in [2.75, 3.05) is 6.61 Å². The Hall–Kier alpha value is -0.643. The zero-order valence-electron chi connectivity index (χ0n) is 19.3. The number of ether oxygens (including phenoxy) is 2. The second kappa shape index (κ2) is 10.4. The van der Waals surface area contributed by atoms with Crippen LogP contribution in [0.2, 0.25) is 18.1 Å². The molecule has 0 amide bonds. The maximum absolute atomic E-state index is 10.0. The minimum atomic E-state index is -1.93. The Kier molecular flexibility index (Phi) is 9.44. The first-order valence-electron chi connectivity index (χ1n) is 10.6. The van der Waals surface area contributed by atoms with E-state index in [2.05, 4.69) is 52.3 Å². The van der Waals surface area contributed by atoms with E-state index in [0.29, 0.717) is 6.61 Å². The van der Waals surface area contributed by atoms with E-state index in [4.69, 9.17) is 13.9 Å². The van der Waals surface area contributed by atoms with Crippen LogP contribution in [0.3, 0.4) is 0 Å². The highest BCUT2D eigenvalue weighted by Gasteiger charge is 2.40. The quantitative estimate of drug-likeness (QED) is 0.243. The third-order valence-corrected chi connectivity index (χ3v) is 10.3. The second-order valence-electron chi connectivity index (χ2n) is 9.93. The highest BCUT2D eigenvalue weighted by atomic mass is 28.4. The smallest absolute Gasteiger partial charge is 0.193 e. The van der Waals surface area contributed by atoms with Crippen molar-refractivity contribution in [2.24, 2.45) is 5.92 Å². The molecule has 0 unspecified atom stereocenters. The summed E-state index contributed by atoms with van der Waals surface area (Å²) >= 11 is 0. The van der Waals surface area contributed by atoms with Crippen LogP contribution in [0, 0.1) is 17.8 Å². The van der Waals surface area contributed by atoms with Crippen molar-refractivity contribution in [3.63, 3.8) is 0 Å². The van der Waals surface area contributed by atoms with Gasteiger partial charge in [-0.3, -0.25) is 0 Å². The lowest BCUT2D eigenvalue weighted by atomic mass is 10.00. The van der Waals surface area contributed by atoms with Gasteiger partial charge in [-0.1, -0.05) is 39.7 Å². The van der Waals surface area contributed by atoms with Gasteiger partial charge in [0.15, 0.2) is 14.1 Å². The summed E-state index contributed by atoms with van der Waals surface area (Å²) in [6, 6.07) is 0. The van der Waals surface area contributed by atoms with Gasteiger partial charge in [0.25, 0.3) is 0 Å². The van der Waals surface area contributed by atoms with Gasteiger partial charge in [-0.05, 0) is 50.7 Å². The molecule has 1 saturated heterocycles. The number of rotatable bonds is 9. The van der Waals surface area contributed by atoms with Crippen molar-refractivity contribution in [3.05, 3.63) is 12.7 Å². The third-order valence-electron chi connectivity index (χ3n) is 5.83. The maximum atomic E-state index is 10.0. The van der Waals surface area contributed by atoms with Crippen LogP contribution in [0.25, 0.3) is 0 Å². The van der Waals surface area contributed by atoms with Crippen molar-refractivity contribution >= 4 is 8.32 Å². The van der Waals surface area contributed by atoms with E-state index in [9.17, 15) is 5.11 Å². The minimum Gasteiger partial charge on any atom is -0.403 e. The molecule has 0 aromatic heterocycles. The molecule has 0 radical (unpaired) electrons. The van der Waals surface area contributed by atoms with Crippen LogP contribution in [-0.4, -0.2) is 44.1 Å². The monoisotopic (exact) mass is 410 g/mol. The van der Waals surface area contributed by atoms with Crippen LogP contribution in [-0.2, 0) is 13.9 Å². The van der Waals surface area contributed by atoms with Crippen LogP contribution in [0.4, 0.5) is 0 Å².